The molecule has 0 saturated carbocycles. The number of ether oxygens (including phenoxy) is 3. The van der Waals surface area contributed by atoms with Crippen LogP contribution in [0.15, 0.2) is 72.8 Å². The summed E-state index contributed by atoms with van der Waals surface area (Å²) >= 11 is 6.00. The summed E-state index contributed by atoms with van der Waals surface area (Å²) in [6.45, 7) is 0.317. The molecule has 0 aliphatic rings. The van der Waals surface area contributed by atoms with Gasteiger partial charge in [-0.2, -0.15) is 0 Å². The van der Waals surface area contributed by atoms with Crippen molar-refractivity contribution in [3.63, 3.8) is 0 Å². The Balaban J connectivity index is 1.73. The van der Waals surface area contributed by atoms with Crippen LogP contribution < -0.4 is 14.2 Å². The Morgan fingerprint density at radius 1 is 0.931 bits per heavy atom. The van der Waals surface area contributed by atoms with E-state index in [0.29, 0.717) is 34.4 Å². The van der Waals surface area contributed by atoms with E-state index in [1.54, 1.807) is 62.8 Å². The maximum Gasteiger partial charge on any atom is 0.185 e. The van der Waals surface area contributed by atoms with Gasteiger partial charge >= 0.3 is 0 Å². The number of ketones is 1. The van der Waals surface area contributed by atoms with Crippen molar-refractivity contribution >= 4 is 23.5 Å². The second kappa shape index (κ2) is 9.80. The van der Waals surface area contributed by atoms with E-state index < -0.39 is 0 Å². The SMILES string of the molecule is COc1ccc(C(=O)/C=C/c2ccc(OC)c(COc3cccc(Cl)c3)c2)cc1. The standard InChI is InChI=1S/C24H21ClO4/c1-27-21-10-8-18(9-11-21)23(26)12-6-17-7-13-24(28-2)19(14-17)16-29-22-5-3-4-20(25)15-22/h3-15H,16H2,1-2H3/b12-6+. The van der Waals surface area contributed by atoms with Crippen molar-refractivity contribution in [2.45, 2.75) is 6.61 Å². The molecule has 29 heavy (non-hydrogen) atoms. The van der Waals surface area contributed by atoms with Crippen LogP contribution in [0.2, 0.25) is 5.02 Å². The summed E-state index contributed by atoms with van der Waals surface area (Å²) in [6, 6.07) is 19.9. The van der Waals surface area contributed by atoms with Crippen molar-refractivity contribution in [1.29, 1.82) is 0 Å². The number of halogens is 1. The van der Waals surface area contributed by atoms with Crippen molar-refractivity contribution in [2.24, 2.45) is 0 Å². The smallest absolute Gasteiger partial charge is 0.185 e. The predicted octanol–water partition coefficient (Wildman–Crippen LogP) is 5.83. The minimum Gasteiger partial charge on any atom is -0.497 e. The summed E-state index contributed by atoms with van der Waals surface area (Å²) in [7, 11) is 3.20. The van der Waals surface area contributed by atoms with E-state index in [0.717, 1.165) is 11.1 Å². The van der Waals surface area contributed by atoms with Gasteiger partial charge in [-0.3, -0.25) is 4.79 Å². The monoisotopic (exact) mass is 408 g/mol. The van der Waals surface area contributed by atoms with Gasteiger partial charge in [0, 0.05) is 16.1 Å². The zero-order chi connectivity index (χ0) is 20.6. The summed E-state index contributed by atoms with van der Waals surface area (Å²) in [6.07, 6.45) is 3.32. The summed E-state index contributed by atoms with van der Waals surface area (Å²) in [4.78, 5) is 12.4. The molecule has 0 radical (unpaired) electrons. The fourth-order valence-corrected chi connectivity index (χ4v) is 2.94. The van der Waals surface area contributed by atoms with E-state index in [2.05, 4.69) is 0 Å². The number of carbonyl (C=O) groups excluding carboxylic acids is 1. The minimum absolute atomic E-state index is 0.0831. The van der Waals surface area contributed by atoms with E-state index in [4.69, 9.17) is 25.8 Å². The minimum atomic E-state index is -0.0831. The largest absolute Gasteiger partial charge is 0.497 e. The lowest BCUT2D eigenvalue weighted by molar-refractivity contribution is 0.104. The van der Waals surface area contributed by atoms with Gasteiger partial charge < -0.3 is 14.2 Å². The first-order valence-electron chi connectivity index (χ1n) is 9.01. The third-order valence-electron chi connectivity index (χ3n) is 4.30. The van der Waals surface area contributed by atoms with Crippen LogP contribution in [0, 0.1) is 0 Å². The molecule has 3 aromatic rings. The lowest BCUT2D eigenvalue weighted by Gasteiger charge is -2.11. The first-order valence-corrected chi connectivity index (χ1v) is 9.38. The Bertz CT molecular complexity index is 1010. The summed E-state index contributed by atoms with van der Waals surface area (Å²) < 4.78 is 16.4. The molecule has 0 bridgehead atoms. The highest BCUT2D eigenvalue weighted by Crippen LogP contribution is 2.24. The first kappa shape index (κ1) is 20.5. The summed E-state index contributed by atoms with van der Waals surface area (Å²) in [5.74, 6) is 2.02. The molecule has 0 heterocycles. The molecule has 0 aliphatic carbocycles. The second-order valence-corrected chi connectivity index (χ2v) is 6.68. The quantitative estimate of drug-likeness (QED) is 0.347. The lowest BCUT2D eigenvalue weighted by atomic mass is 10.1. The maximum atomic E-state index is 12.4. The van der Waals surface area contributed by atoms with Crippen LogP contribution in [-0.4, -0.2) is 20.0 Å². The number of rotatable bonds is 8. The van der Waals surface area contributed by atoms with Gasteiger partial charge in [0.15, 0.2) is 5.78 Å². The van der Waals surface area contributed by atoms with Crippen LogP contribution in [0.5, 0.6) is 17.2 Å². The molecule has 4 nitrogen and oxygen atoms in total. The molecule has 0 aromatic heterocycles. The Kier molecular flexibility index (Phi) is 6.93. The number of benzene rings is 3. The molecule has 148 valence electrons. The second-order valence-electron chi connectivity index (χ2n) is 6.24. The van der Waals surface area contributed by atoms with Gasteiger partial charge in [0.1, 0.15) is 23.9 Å². The average molecular weight is 409 g/mol. The van der Waals surface area contributed by atoms with E-state index in [-0.39, 0.29) is 5.78 Å². The molecule has 0 fully saturated rings. The van der Waals surface area contributed by atoms with E-state index in [1.807, 2.05) is 30.3 Å². The Labute approximate surface area is 175 Å². The van der Waals surface area contributed by atoms with Crippen molar-refractivity contribution in [2.75, 3.05) is 14.2 Å². The molecule has 0 unspecified atom stereocenters. The molecule has 0 saturated heterocycles. The highest BCUT2D eigenvalue weighted by Gasteiger charge is 2.07. The number of hydrogen-bond donors (Lipinski definition) is 0. The predicted molar refractivity (Wildman–Crippen MR) is 115 cm³/mol. The van der Waals surface area contributed by atoms with Crippen LogP contribution in [0.3, 0.4) is 0 Å². The fraction of sp³-hybridized carbons (Fsp3) is 0.125. The zero-order valence-electron chi connectivity index (χ0n) is 16.2. The first-order chi connectivity index (χ1) is 14.1. The van der Waals surface area contributed by atoms with Gasteiger partial charge in [0.2, 0.25) is 0 Å². The molecule has 3 rings (SSSR count). The summed E-state index contributed by atoms with van der Waals surface area (Å²) in [5, 5.41) is 0.614. The van der Waals surface area contributed by atoms with Gasteiger partial charge in [-0.05, 0) is 66.2 Å². The number of allylic oxidation sites excluding steroid dienone is 1. The maximum absolute atomic E-state index is 12.4. The Hall–Kier alpha value is -3.24. The van der Waals surface area contributed by atoms with E-state index in [1.165, 1.54) is 0 Å². The Morgan fingerprint density at radius 3 is 2.41 bits per heavy atom. The summed E-state index contributed by atoms with van der Waals surface area (Å²) in [5.41, 5.74) is 2.34. The fourth-order valence-electron chi connectivity index (χ4n) is 2.76. The highest BCUT2D eigenvalue weighted by atomic mass is 35.5. The molecule has 5 heteroatoms. The highest BCUT2D eigenvalue weighted by molar-refractivity contribution is 6.30. The van der Waals surface area contributed by atoms with E-state index >= 15 is 0 Å². The molecule has 0 spiro atoms. The molecular formula is C24H21ClO4. The number of methoxy groups -OCH3 is 2. The number of hydrogen-bond acceptors (Lipinski definition) is 4. The van der Waals surface area contributed by atoms with Gasteiger partial charge in [0.25, 0.3) is 0 Å². The topological polar surface area (TPSA) is 44.8 Å². The van der Waals surface area contributed by atoms with Crippen molar-refractivity contribution in [1.82, 2.24) is 0 Å². The molecular weight excluding hydrogens is 388 g/mol. The van der Waals surface area contributed by atoms with Crippen molar-refractivity contribution < 1.29 is 19.0 Å². The molecule has 3 aromatic carbocycles. The van der Waals surface area contributed by atoms with Gasteiger partial charge in [-0.15, -0.1) is 0 Å². The lowest BCUT2D eigenvalue weighted by Crippen LogP contribution is -1.99. The van der Waals surface area contributed by atoms with Gasteiger partial charge in [-0.25, -0.2) is 0 Å². The van der Waals surface area contributed by atoms with Gasteiger partial charge in [0.05, 0.1) is 14.2 Å². The van der Waals surface area contributed by atoms with Crippen molar-refractivity contribution in [3.8, 4) is 17.2 Å². The molecule has 0 N–H and O–H groups in total. The van der Waals surface area contributed by atoms with E-state index in [9.17, 15) is 4.79 Å². The van der Waals surface area contributed by atoms with Crippen LogP contribution in [0.25, 0.3) is 6.08 Å². The van der Waals surface area contributed by atoms with Crippen LogP contribution >= 0.6 is 11.6 Å². The third-order valence-corrected chi connectivity index (χ3v) is 4.53. The van der Waals surface area contributed by atoms with Crippen molar-refractivity contribution in [3.05, 3.63) is 94.5 Å². The third kappa shape index (κ3) is 5.62. The van der Waals surface area contributed by atoms with Crippen LogP contribution in [0.1, 0.15) is 21.5 Å². The average Bonchev–Trinajstić information content (AvgIpc) is 2.76. The van der Waals surface area contributed by atoms with Crippen LogP contribution in [0.4, 0.5) is 0 Å². The zero-order valence-corrected chi connectivity index (χ0v) is 17.0. The van der Waals surface area contributed by atoms with Crippen LogP contribution in [-0.2, 0) is 6.61 Å². The number of carbonyl (C=O) groups is 1. The normalized spacial score (nSPS) is 10.7. The molecule has 0 aliphatic heterocycles. The molecule has 0 atom stereocenters. The van der Waals surface area contributed by atoms with Gasteiger partial charge in [-0.1, -0.05) is 29.8 Å². The Morgan fingerprint density at radius 2 is 1.72 bits per heavy atom. The molecule has 0 amide bonds.